The van der Waals surface area contributed by atoms with Crippen LogP contribution in [0, 0.1) is 5.82 Å². The summed E-state index contributed by atoms with van der Waals surface area (Å²) in [5.41, 5.74) is 11.0. The second kappa shape index (κ2) is 5.37. The maximum Gasteiger partial charge on any atom is 0.186 e. The molecule has 0 unspecified atom stereocenters. The zero-order valence-electron chi connectivity index (χ0n) is 6.90. The third-order valence-electron chi connectivity index (χ3n) is 1.33. The van der Waals surface area contributed by atoms with E-state index in [1.165, 1.54) is 12.1 Å². The predicted molar refractivity (Wildman–Crippen MR) is 53.2 cm³/mol. The minimum Gasteiger partial charge on any atom is -0.370 e. The van der Waals surface area contributed by atoms with E-state index in [4.69, 9.17) is 11.5 Å². The molecule has 5 heteroatoms. The molecule has 0 atom stereocenters. The Morgan fingerprint density at radius 2 is 2.08 bits per heavy atom. The molecule has 1 aromatic carbocycles. The number of hydrogen-bond acceptors (Lipinski definition) is 1. The van der Waals surface area contributed by atoms with Crippen molar-refractivity contribution in [1.82, 2.24) is 0 Å². The number of rotatable bonds is 2. The molecule has 4 N–H and O–H groups in total. The molecule has 3 nitrogen and oxygen atoms in total. The molecule has 13 heavy (non-hydrogen) atoms. The summed E-state index contributed by atoms with van der Waals surface area (Å²) < 4.78 is 12.6. The first kappa shape index (κ1) is 11.7. The molecular formula is C8H11ClFN3. The summed E-state index contributed by atoms with van der Waals surface area (Å²) in [6.07, 6.45) is 0. The van der Waals surface area contributed by atoms with E-state index >= 15 is 0 Å². The Hall–Kier alpha value is -1.29. The Labute approximate surface area is 82.1 Å². The van der Waals surface area contributed by atoms with Crippen LogP contribution in [0.25, 0.3) is 0 Å². The summed E-state index contributed by atoms with van der Waals surface area (Å²) >= 11 is 0. The molecule has 0 aliphatic carbocycles. The van der Waals surface area contributed by atoms with Crippen molar-refractivity contribution in [2.24, 2.45) is 16.5 Å². The maximum absolute atomic E-state index is 12.6. The van der Waals surface area contributed by atoms with E-state index in [0.29, 0.717) is 6.54 Å². The van der Waals surface area contributed by atoms with Gasteiger partial charge in [-0.1, -0.05) is 12.1 Å². The first-order valence-corrected chi connectivity index (χ1v) is 3.48. The average Bonchev–Trinajstić information content (AvgIpc) is 2.01. The smallest absolute Gasteiger partial charge is 0.186 e. The van der Waals surface area contributed by atoms with E-state index in [9.17, 15) is 4.39 Å². The van der Waals surface area contributed by atoms with Crippen LogP contribution in [0.5, 0.6) is 0 Å². The molecule has 0 fully saturated rings. The van der Waals surface area contributed by atoms with Crippen molar-refractivity contribution in [1.29, 1.82) is 0 Å². The molecular weight excluding hydrogens is 193 g/mol. The fourth-order valence-corrected chi connectivity index (χ4v) is 0.818. The van der Waals surface area contributed by atoms with E-state index in [-0.39, 0.29) is 24.2 Å². The van der Waals surface area contributed by atoms with Crippen LogP contribution in [0.2, 0.25) is 0 Å². The van der Waals surface area contributed by atoms with Crippen LogP contribution in [-0.2, 0) is 6.54 Å². The molecule has 0 heterocycles. The average molecular weight is 204 g/mol. The van der Waals surface area contributed by atoms with Crippen LogP contribution in [0.15, 0.2) is 29.3 Å². The Balaban J connectivity index is 0.00000144. The minimum absolute atomic E-state index is 0. The van der Waals surface area contributed by atoms with E-state index < -0.39 is 0 Å². The maximum atomic E-state index is 12.6. The molecule has 0 aromatic heterocycles. The molecule has 0 amide bonds. The Morgan fingerprint density at radius 1 is 1.38 bits per heavy atom. The molecule has 1 aromatic rings. The number of nitrogens with zero attached hydrogens (tertiary/aromatic N) is 1. The predicted octanol–water partition coefficient (Wildman–Crippen LogP) is 1.02. The van der Waals surface area contributed by atoms with Crippen molar-refractivity contribution >= 4 is 18.4 Å². The van der Waals surface area contributed by atoms with Gasteiger partial charge in [-0.25, -0.2) is 9.38 Å². The Morgan fingerprint density at radius 3 is 2.62 bits per heavy atom. The van der Waals surface area contributed by atoms with Gasteiger partial charge in [-0.3, -0.25) is 0 Å². The lowest BCUT2D eigenvalue weighted by Gasteiger charge is -1.96. The van der Waals surface area contributed by atoms with Gasteiger partial charge in [0.1, 0.15) is 5.82 Å². The van der Waals surface area contributed by atoms with Crippen LogP contribution in [0.3, 0.4) is 0 Å². The van der Waals surface area contributed by atoms with Crippen molar-refractivity contribution in [3.8, 4) is 0 Å². The van der Waals surface area contributed by atoms with Gasteiger partial charge >= 0.3 is 0 Å². The van der Waals surface area contributed by atoms with E-state index in [2.05, 4.69) is 4.99 Å². The van der Waals surface area contributed by atoms with Crippen LogP contribution >= 0.6 is 12.4 Å². The summed E-state index contributed by atoms with van der Waals surface area (Å²) in [6, 6.07) is 6.15. The summed E-state index contributed by atoms with van der Waals surface area (Å²) in [7, 11) is 0. The summed E-state index contributed by atoms with van der Waals surface area (Å²) in [4.78, 5) is 3.74. The van der Waals surface area contributed by atoms with Crippen molar-refractivity contribution in [2.45, 2.75) is 6.54 Å². The lowest BCUT2D eigenvalue weighted by atomic mass is 10.2. The van der Waals surface area contributed by atoms with Gasteiger partial charge in [-0.05, 0) is 17.7 Å². The third-order valence-corrected chi connectivity index (χ3v) is 1.33. The number of halogens is 2. The SMILES string of the molecule is Cl.NC(N)=NCc1cccc(F)c1. The second-order valence-electron chi connectivity index (χ2n) is 2.37. The molecule has 0 saturated heterocycles. The fraction of sp³-hybridized carbons (Fsp3) is 0.125. The number of hydrogen-bond donors (Lipinski definition) is 2. The Kier molecular flexibility index (Phi) is 4.84. The highest BCUT2D eigenvalue weighted by Gasteiger charge is 1.92. The number of aliphatic imine (C=N–C) groups is 1. The zero-order chi connectivity index (χ0) is 8.97. The largest absolute Gasteiger partial charge is 0.370 e. The monoisotopic (exact) mass is 203 g/mol. The summed E-state index contributed by atoms with van der Waals surface area (Å²) in [5.74, 6) is -0.266. The minimum atomic E-state index is -0.279. The van der Waals surface area contributed by atoms with Gasteiger partial charge in [0.2, 0.25) is 0 Å². The molecule has 0 aliphatic rings. The zero-order valence-corrected chi connectivity index (χ0v) is 7.72. The Bertz CT molecular complexity index is 297. The van der Waals surface area contributed by atoms with Crippen LogP contribution in [-0.4, -0.2) is 5.96 Å². The number of guanidine groups is 1. The van der Waals surface area contributed by atoms with Crippen LogP contribution in [0.1, 0.15) is 5.56 Å². The lowest BCUT2D eigenvalue weighted by molar-refractivity contribution is 0.625. The molecule has 0 bridgehead atoms. The van der Waals surface area contributed by atoms with Crippen LogP contribution < -0.4 is 11.5 Å². The quantitative estimate of drug-likeness (QED) is 0.557. The van der Waals surface area contributed by atoms with E-state index in [1.54, 1.807) is 12.1 Å². The van der Waals surface area contributed by atoms with Crippen LogP contribution in [0.4, 0.5) is 4.39 Å². The highest BCUT2D eigenvalue weighted by atomic mass is 35.5. The fourth-order valence-electron chi connectivity index (χ4n) is 0.818. The standard InChI is InChI=1S/C8H10FN3.ClH/c9-7-3-1-2-6(4-7)5-12-8(10)11;/h1-4H,5H2,(H4,10,11,12);1H. The number of benzene rings is 1. The van der Waals surface area contributed by atoms with Gasteiger partial charge in [-0.2, -0.15) is 0 Å². The first-order valence-electron chi connectivity index (χ1n) is 3.48. The molecule has 0 spiro atoms. The van der Waals surface area contributed by atoms with Crippen molar-refractivity contribution in [3.05, 3.63) is 35.6 Å². The highest BCUT2D eigenvalue weighted by molar-refractivity contribution is 5.85. The van der Waals surface area contributed by atoms with Crippen molar-refractivity contribution < 1.29 is 4.39 Å². The number of nitrogens with two attached hydrogens (primary N) is 2. The van der Waals surface area contributed by atoms with Crippen molar-refractivity contribution in [2.75, 3.05) is 0 Å². The van der Waals surface area contributed by atoms with Gasteiger partial charge < -0.3 is 11.5 Å². The van der Waals surface area contributed by atoms with Gasteiger partial charge in [0.05, 0.1) is 6.54 Å². The molecule has 1 rings (SSSR count). The lowest BCUT2D eigenvalue weighted by Crippen LogP contribution is -2.22. The van der Waals surface area contributed by atoms with Gasteiger partial charge in [0.25, 0.3) is 0 Å². The van der Waals surface area contributed by atoms with Gasteiger partial charge in [0.15, 0.2) is 5.96 Å². The van der Waals surface area contributed by atoms with Gasteiger partial charge in [-0.15, -0.1) is 12.4 Å². The van der Waals surface area contributed by atoms with Gasteiger partial charge in [0, 0.05) is 0 Å². The first-order chi connectivity index (χ1) is 5.68. The van der Waals surface area contributed by atoms with E-state index in [1.807, 2.05) is 0 Å². The highest BCUT2D eigenvalue weighted by Crippen LogP contribution is 2.03. The normalized spacial score (nSPS) is 8.69. The topological polar surface area (TPSA) is 64.4 Å². The van der Waals surface area contributed by atoms with E-state index in [0.717, 1.165) is 5.56 Å². The molecule has 0 aliphatic heterocycles. The van der Waals surface area contributed by atoms with Crippen molar-refractivity contribution in [3.63, 3.8) is 0 Å². The molecule has 0 saturated carbocycles. The second-order valence-corrected chi connectivity index (χ2v) is 2.37. The summed E-state index contributed by atoms with van der Waals surface area (Å²) in [6.45, 7) is 0.320. The third kappa shape index (κ3) is 4.32. The molecule has 0 radical (unpaired) electrons. The summed E-state index contributed by atoms with van der Waals surface area (Å²) in [5, 5.41) is 0. The molecule has 72 valence electrons.